The summed E-state index contributed by atoms with van der Waals surface area (Å²) >= 11 is 0. The second-order valence-electron chi connectivity index (χ2n) is 4.99. The van der Waals surface area contributed by atoms with Crippen molar-refractivity contribution in [2.75, 3.05) is 13.6 Å². The molecule has 1 N–H and O–H groups in total. The molecular formula is C13H23N3O. The Kier molecular flexibility index (Phi) is 3.84. The van der Waals surface area contributed by atoms with Crippen LogP contribution in [0.4, 0.5) is 0 Å². The maximum atomic E-state index is 5.99. The summed E-state index contributed by atoms with van der Waals surface area (Å²) in [6.07, 6.45) is 3.00. The fourth-order valence-corrected chi connectivity index (χ4v) is 2.45. The Morgan fingerprint density at radius 1 is 1.29 bits per heavy atom. The highest BCUT2D eigenvalue weighted by Gasteiger charge is 2.25. The van der Waals surface area contributed by atoms with Crippen LogP contribution < -0.4 is 5.32 Å². The van der Waals surface area contributed by atoms with Crippen molar-refractivity contribution in [3.63, 3.8) is 0 Å². The summed E-state index contributed by atoms with van der Waals surface area (Å²) in [6, 6.07) is 0. The minimum atomic E-state index is 0.325. The van der Waals surface area contributed by atoms with Gasteiger partial charge in [-0.2, -0.15) is 5.10 Å². The molecule has 2 unspecified atom stereocenters. The van der Waals surface area contributed by atoms with E-state index in [1.807, 2.05) is 7.05 Å². The van der Waals surface area contributed by atoms with Crippen LogP contribution in [0.3, 0.4) is 0 Å². The maximum absolute atomic E-state index is 5.99. The van der Waals surface area contributed by atoms with Crippen LogP contribution in [0.25, 0.3) is 0 Å². The van der Waals surface area contributed by atoms with E-state index in [4.69, 9.17) is 4.74 Å². The van der Waals surface area contributed by atoms with Gasteiger partial charge in [0, 0.05) is 12.2 Å². The fourth-order valence-electron chi connectivity index (χ4n) is 2.45. The molecule has 1 aromatic heterocycles. The molecule has 0 amide bonds. The second kappa shape index (κ2) is 5.19. The Morgan fingerprint density at radius 2 is 2.00 bits per heavy atom. The normalized spacial score (nSPS) is 24.5. The minimum Gasteiger partial charge on any atom is -0.372 e. The highest BCUT2D eigenvalue weighted by Crippen LogP contribution is 2.22. The van der Waals surface area contributed by atoms with Gasteiger partial charge in [0.25, 0.3) is 0 Å². The van der Waals surface area contributed by atoms with E-state index in [-0.39, 0.29) is 0 Å². The van der Waals surface area contributed by atoms with E-state index in [1.165, 1.54) is 11.3 Å². The lowest BCUT2D eigenvalue weighted by Gasteiger charge is -2.14. The molecular weight excluding hydrogens is 214 g/mol. The highest BCUT2D eigenvalue weighted by atomic mass is 16.5. The number of nitrogens with one attached hydrogen (secondary N) is 1. The van der Waals surface area contributed by atoms with Crippen molar-refractivity contribution in [1.29, 1.82) is 0 Å². The molecule has 0 bridgehead atoms. The van der Waals surface area contributed by atoms with Crippen LogP contribution in [0.2, 0.25) is 0 Å². The van der Waals surface area contributed by atoms with E-state index in [0.717, 1.165) is 31.6 Å². The topological polar surface area (TPSA) is 39.1 Å². The van der Waals surface area contributed by atoms with E-state index in [2.05, 4.69) is 35.9 Å². The van der Waals surface area contributed by atoms with Gasteiger partial charge in [0.15, 0.2) is 0 Å². The molecule has 1 fully saturated rings. The van der Waals surface area contributed by atoms with Crippen molar-refractivity contribution in [2.24, 2.45) is 0 Å². The van der Waals surface area contributed by atoms with E-state index in [9.17, 15) is 0 Å². The Labute approximate surface area is 103 Å². The Balaban J connectivity index is 1.96. The van der Waals surface area contributed by atoms with Crippen molar-refractivity contribution >= 4 is 0 Å². The highest BCUT2D eigenvalue weighted by molar-refractivity contribution is 5.22. The molecule has 0 aromatic carbocycles. The monoisotopic (exact) mass is 237 g/mol. The average molecular weight is 237 g/mol. The lowest BCUT2D eigenvalue weighted by atomic mass is 10.2. The summed E-state index contributed by atoms with van der Waals surface area (Å²) in [5.41, 5.74) is 3.70. The molecule has 1 saturated heterocycles. The van der Waals surface area contributed by atoms with Gasteiger partial charge in [-0.25, -0.2) is 0 Å². The second-order valence-corrected chi connectivity index (χ2v) is 4.99. The molecule has 0 radical (unpaired) electrons. The standard InChI is InChI=1S/C13H23N3O/c1-9-10(2)15-16(11(9)3)8-13-6-5-12(17-13)7-14-4/h12-14H,5-8H2,1-4H3. The van der Waals surface area contributed by atoms with Crippen LogP contribution in [0.5, 0.6) is 0 Å². The average Bonchev–Trinajstić information content (AvgIpc) is 2.82. The molecule has 2 atom stereocenters. The molecule has 4 nitrogen and oxygen atoms in total. The van der Waals surface area contributed by atoms with Crippen LogP contribution in [-0.4, -0.2) is 35.6 Å². The molecule has 96 valence electrons. The zero-order chi connectivity index (χ0) is 12.4. The summed E-state index contributed by atoms with van der Waals surface area (Å²) < 4.78 is 8.08. The van der Waals surface area contributed by atoms with Crippen LogP contribution in [0, 0.1) is 20.8 Å². The molecule has 1 aliphatic heterocycles. The fraction of sp³-hybridized carbons (Fsp3) is 0.769. The zero-order valence-electron chi connectivity index (χ0n) is 11.3. The van der Waals surface area contributed by atoms with E-state index >= 15 is 0 Å². The van der Waals surface area contributed by atoms with Crippen LogP contribution >= 0.6 is 0 Å². The van der Waals surface area contributed by atoms with Crippen molar-refractivity contribution in [3.8, 4) is 0 Å². The molecule has 2 heterocycles. The van der Waals surface area contributed by atoms with Crippen molar-refractivity contribution in [3.05, 3.63) is 17.0 Å². The van der Waals surface area contributed by atoms with Gasteiger partial charge in [-0.3, -0.25) is 4.68 Å². The van der Waals surface area contributed by atoms with Crippen molar-refractivity contribution in [1.82, 2.24) is 15.1 Å². The van der Waals surface area contributed by atoms with Gasteiger partial charge >= 0.3 is 0 Å². The molecule has 1 aromatic rings. The van der Waals surface area contributed by atoms with Gasteiger partial charge in [0.1, 0.15) is 0 Å². The summed E-state index contributed by atoms with van der Waals surface area (Å²) in [7, 11) is 1.97. The van der Waals surface area contributed by atoms with Gasteiger partial charge in [-0.05, 0) is 46.2 Å². The molecule has 0 saturated carbocycles. The van der Waals surface area contributed by atoms with Gasteiger partial charge in [-0.15, -0.1) is 0 Å². The third kappa shape index (κ3) is 2.69. The summed E-state index contributed by atoms with van der Waals surface area (Å²) in [5.74, 6) is 0. The molecule has 17 heavy (non-hydrogen) atoms. The lowest BCUT2D eigenvalue weighted by Crippen LogP contribution is -2.25. The zero-order valence-corrected chi connectivity index (χ0v) is 11.3. The van der Waals surface area contributed by atoms with Gasteiger partial charge in [-0.1, -0.05) is 0 Å². The summed E-state index contributed by atoms with van der Waals surface area (Å²) in [5, 5.41) is 7.74. The van der Waals surface area contributed by atoms with E-state index < -0.39 is 0 Å². The molecule has 2 rings (SSSR count). The summed E-state index contributed by atoms with van der Waals surface area (Å²) in [6.45, 7) is 8.17. The number of hydrogen-bond donors (Lipinski definition) is 1. The molecule has 4 heteroatoms. The van der Waals surface area contributed by atoms with E-state index in [0.29, 0.717) is 12.2 Å². The Hall–Kier alpha value is -0.870. The smallest absolute Gasteiger partial charge is 0.0776 e. The first-order valence-electron chi connectivity index (χ1n) is 6.42. The SMILES string of the molecule is CNCC1CCC(Cn2nc(C)c(C)c2C)O1. The predicted molar refractivity (Wildman–Crippen MR) is 68.3 cm³/mol. The maximum Gasteiger partial charge on any atom is 0.0776 e. The van der Waals surface area contributed by atoms with Gasteiger partial charge in [0.2, 0.25) is 0 Å². The number of rotatable bonds is 4. The number of likely N-dealkylation sites (N-methyl/N-ethyl adjacent to an activating group) is 1. The first-order chi connectivity index (χ1) is 8.11. The van der Waals surface area contributed by atoms with Crippen molar-refractivity contribution < 1.29 is 4.74 Å². The van der Waals surface area contributed by atoms with Crippen molar-refractivity contribution in [2.45, 2.75) is 52.4 Å². The Bertz CT molecular complexity index is 386. The van der Waals surface area contributed by atoms with Crippen LogP contribution in [-0.2, 0) is 11.3 Å². The third-order valence-electron chi connectivity index (χ3n) is 3.75. The van der Waals surface area contributed by atoms with Gasteiger partial charge in [0.05, 0.1) is 24.4 Å². The van der Waals surface area contributed by atoms with Crippen LogP contribution in [0.1, 0.15) is 29.8 Å². The number of aromatic nitrogens is 2. The third-order valence-corrected chi connectivity index (χ3v) is 3.75. The lowest BCUT2D eigenvalue weighted by molar-refractivity contribution is 0.0348. The largest absolute Gasteiger partial charge is 0.372 e. The molecule has 0 aliphatic carbocycles. The number of ether oxygens (including phenoxy) is 1. The first-order valence-corrected chi connectivity index (χ1v) is 6.42. The number of aryl methyl sites for hydroxylation is 1. The van der Waals surface area contributed by atoms with E-state index in [1.54, 1.807) is 0 Å². The predicted octanol–water partition coefficient (Wildman–Crippen LogP) is 1.58. The van der Waals surface area contributed by atoms with Crippen LogP contribution in [0.15, 0.2) is 0 Å². The number of nitrogens with zero attached hydrogens (tertiary/aromatic N) is 2. The quantitative estimate of drug-likeness (QED) is 0.864. The Morgan fingerprint density at radius 3 is 2.59 bits per heavy atom. The minimum absolute atomic E-state index is 0.325. The summed E-state index contributed by atoms with van der Waals surface area (Å²) in [4.78, 5) is 0. The molecule has 1 aliphatic rings. The molecule has 0 spiro atoms. The van der Waals surface area contributed by atoms with Gasteiger partial charge < -0.3 is 10.1 Å². The number of hydrogen-bond acceptors (Lipinski definition) is 3. The first kappa shape index (κ1) is 12.6.